The van der Waals surface area contributed by atoms with E-state index in [1.165, 1.54) is 0 Å². The fourth-order valence-corrected chi connectivity index (χ4v) is 13.4. The van der Waals surface area contributed by atoms with Crippen LogP contribution in [-0.4, -0.2) is 68.2 Å². The van der Waals surface area contributed by atoms with E-state index in [1.807, 2.05) is 55.5 Å². The number of phenolic OH excluding ortho intramolecular Hbond substituents is 1. The molecule has 2 saturated heterocycles. The first-order valence-corrected chi connectivity index (χ1v) is 20.4. The highest BCUT2D eigenvalue weighted by atomic mass is 79.9. The Morgan fingerprint density at radius 3 is 2.25 bits per heavy atom. The van der Waals surface area contributed by atoms with E-state index in [4.69, 9.17) is 13.8 Å². The van der Waals surface area contributed by atoms with Crippen molar-refractivity contribution < 1.29 is 38.3 Å². The molecule has 3 aliphatic rings. The SMILES string of the molecule is COC(=O)N1C(=O)[C@@H]2[C@@H](CC(CO[Si](c3ccccc3)(c3ccccc3)C(C)(C)C)=C3[C@@H](CC/C(C)=C/c4cc(Br)ccc4O)OB(O)C[C@@H]32)C1=O. The molecule has 0 aromatic heterocycles. The van der Waals surface area contributed by atoms with Crippen LogP contribution in [0.1, 0.15) is 52.5 Å². The number of likely N-dealkylation sites (tertiary alicyclic amines) is 1. The predicted molar refractivity (Wildman–Crippen MR) is 206 cm³/mol. The number of fused-ring (bicyclic) bond motifs is 3. The number of aromatic hydroxyl groups is 1. The maximum Gasteiger partial charge on any atom is 0.455 e. The van der Waals surface area contributed by atoms with Gasteiger partial charge in [0.1, 0.15) is 5.75 Å². The Morgan fingerprint density at radius 2 is 1.65 bits per heavy atom. The number of carbonyl (C=O) groups is 3. The van der Waals surface area contributed by atoms with Crippen LogP contribution in [0, 0.1) is 17.8 Å². The number of amides is 3. The van der Waals surface area contributed by atoms with Crippen LogP contribution in [0.25, 0.3) is 6.08 Å². The van der Waals surface area contributed by atoms with Crippen molar-refractivity contribution in [1.82, 2.24) is 4.90 Å². The minimum Gasteiger partial charge on any atom is -0.507 e. The Kier molecular flexibility index (Phi) is 11.1. The lowest BCUT2D eigenvalue weighted by molar-refractivity contribution is -0.137. The maximum atomic E-state index is 13.9. The molecule has 2 aliphatic heterocycles. The highest BCUT2D eigenvalue weighted by Crippen LogP contribution is 2.51. The molecule has 6 rings (SSSR count). The number of benzene rings is 3. The van der Waals surface area contributed by atoms with Crippen LogP contribution in [0.2, 0.25) is 11.4 Å². The van der Waals surface area contributed by atoms with Crippen LogP contribution in [0.3, 0.4) is 0 Å². The first kappa shape index (κ1) is 37.9. The minimum absolute atomic E-state index is 0.102. The first-order chi connectivity index (χ1) is 24.8. The topological polar surface area (TPSA) is 123 Å². The summed E-state index contributed by atoms with van der Waals surface area (Å²) in [6, 6.07) is 25.8. The number of ether oxygens (including phenoxy) is 1. The summed E-state index contributed by atoms with van der Waals surface area (Å²) < 4.78 is 19.4. The molecule has 272 valence electrons. The maximum absolute atomic E-state index is 13.9. The van der Waals surface area contributed by atoms with E-state index < -0.39 is 57.2 Å². The quantitative estimate of drug-likeness (QED) is 0.144. The zero-order valence-electron chi connectivity index (χ0n) is 30.2. The van der Waals surface area contributed by atoms with Crippen LogP contribution in [0.5, 0.6) is 5.75 Å². The Balaban J connectivity index is 1.43. The third-order valence-corrected chi connectivity index (χ3v) is 16.2. The lowest BCUT2D eigenvalue weighted by atomic mass is 9.58. The van der Waals surface area contributed by atoms with Crippen LogP contribution in [0.15, 0.2) is 100 Å². The summed E-state index contributed by atoms with van der Waals surface area (Å²) in [6.45, 7) is 8.75. The number of rotatable bonds is 9. The summed E-state index contributed by atoms with van der Waals surface area (Å²) in [5.74, 6) is -3.22. The highest BCUT2D eigenvalue weighted by molar-refractivity contribution is 9.10. The van der Waals surface area contributed by atoms with Gasteiger partial charge in [-0.1, -0.05) is 109 Å². The molecular formula is C40H45BBrNO8Si. The van der Waals surface area contributed by atoms with Gasteiger partial charge in [-0.15, -0.1) is 0 Å². The molecule has 12 heteroatoms. The fraction of sp³-hybridized carbons (Fsp3) is 0.375. The summed E-state index contributed by atoms with van der Waals surface area (Å²) in [4.78, 5) is 41.0. The first-order valence-electron chi connectivity index (χ1n) is 17.7. The van der Waals surface area contributed by atoms with Crippen LogP contribution in [-0.2, 0) is 23.4 Å². The standard InChI is InChI=1S/C40H45BBrNO8Si/c1-25(20-26-21-28(42)17-18-33(26)44)16-19-34-35-27(22-31-36(32(35)23-41(48)51-34)38(46)43(37(31)45)39(47)49-5)24-50-52(40(2,3)4,29-12-8-6-9-13-29)30-14-10-7-11-15-30/h6-15,17-18,20-21,31-32,34,36,44,48H,16,19,22-24H2,1-5H3/b25-20+/t31-,32+,34-,36-/m1/s1. The van der Waals surface area contributed by atoms with E-state index >= 15 is 0 Å². The number of hydrogen-bond donors (Lipinski definition) is 2. The van der Waals surface area contributed by atoms with Gasteiger partial charge >= 0.3 is 13.2 Å². The van der Waals surface area contributed by atoms with Crippen molar-refractivity contribution >= 4 is 65.7 Å². The number of hydrogen-bond acceptors (Lipinski definition) is 8. The Bertz CT molecular complexity index is 1860. The average molecular weight is 787 g/mol. The highest BCUT2D eigenvalue weighted by Gasteiger charge is 2.59. The number of halogens is 1. The number of imide groups is 3. The zero-order valence-corrected chi connectivity index (χ0v) is 32.8. The van der Waals surface area contributed by atoms with Crippen molar-refractivity contribution in [3.8, 4) is 5.75 Å². The zero-order chi connectivity index (χ0) is 37.4. The van der Waals surface area contributed by atoms with Crippen molar-refractivity contribution in [2.45, 2.75) is 64.4 Å². The van der Waals surface area contributed by atoms with E-state index in [1.54, 1.807) is 12.1 Å². The molecule has 2 heterocycles. The van der Waals surface area contributed by atoms with Crippen molar-refractivity contribution in [2.24, 2.45) is 17.8 Å². The molecule has 3 aromatic carbocycles. The van der Waals surface area contributed by atoms with E-state index in [9.17, 15) is 24.5 Å². The van der Waals surface area contributed by atoms with Gasteiger partial charge in [-0.25, -0.2) is 4.79 Å². The van der Waals surface area contributed by atoms with E-state index in [0.717, 1.165) is 38.7 Å². The summed E-state index contributed by atoms with van der Waals surface area (Å²) >= 11 is 3.47. The van der Waals surface area contributed by atoms with Gasteiger partial charge in [0.25, 0.3) is 8.32 Å². The third kappa shape index (κ3) is 7.11. The van der Waals surface area contributed by atoms with E-state index in [2.05, 4.69) is 61.0 Å². The molecule has 9 nitrogen and oxygen atoms in total. The Morgan fingerprint density at radius 1 is 1.02 bits per heavy atom. The second-order valence-corrected chi connectivity index (χ2v) is 20.2. The number of carbonyl (C=O) groups excluding carboxylic acids is 3. The van der Waals surface area contributed by atoms with Gasteiger partial charge in [0.2, 0.25) is 11.8 Å². The minimum atomic E-state index is -3.01. The lowest BCUT2D eigenvalue weighted by Crippen LogP contribution is -2.66. The largest absolute Gasteiger partial charge is 0.507 e. The normalized spacial score (nSPS) is 22.4. The number of nitrogens with zero attached hydrogens (tertiary/aromatic N) is 1. The van der Waals surface area contributed by atoms with Crippen LogP contribution in [0.4, 0.5) is 4.79 Å². The molecule has 4 atom stereocenters. The van der Waals surface area contributed by atoms with Crippen LogP contribution < -0.4 is 10.4 Å². The van der Waals surface area contributed by atoms with Crippen LogP contribution >= 0.6 is 15.9 Å². The molecule has 0 spiro atoms. The monoisotopic (exact) mass is 785 g/mol. The van der Waals surface area contributed by atoms with Gasteiger partial charge in [0.15, 0.2) is 0 Å². The summed E-state index contributed by atoms with van der Waals surface area (Å²) in [5, 5.41) is 23.5. The molecule has 2 fully saturated rings. The molecule has 0 radical (unpaired) electrons. The van der Waals surface area contributed by atoms with Gasteiger partial charge in [0, 0.05) is 10.0 Å². The summed E-state index contributed by atoms with van der Waals surface area (Å²) in [5.41, 5.74) is 3.37. The second-order valence-electron chi connectivity index (χ2n) is 15.0. The third-order valence-electron chi connectivity index (χ3n) is 10.7. The fourth-order valence-electron chi connectivity index (χ4n) is 8.46. The molecule has 3 aromatic rings. The molecule has 3 amide bonds. The molecule has 52 heavy (non-hydrogen) atoms. The summed E-state index contributed by atoms with van der Waals surface area (Å²) in [7, 11) is -3.04. The van der Waals surface area contributed by atoms with Crippen molar-refractivity contribution in [3.63, 3.8) is 0 Å². The average Bonchev–Trinajstić information content (AvgIpc) is 3.37. The number of allylic oxidation sites excluding steroid dienone is 1. The van der Waals surface area contributed by atoms with Crippen molar-refractivity contribution in [1.29, 1.82) is 0 Å². The summed E-state index contributed by atoms with van der Waals surface area (Å²) in [6.07, 6.45) is 1.69. The smallest absolute Gasteiger partial charge is 0.455 e. The van der Waals surface area contributed by atoms with Gasteiger partial charge in [-0.05, 0) is 83.2 Å². The molecule has 1 aliphatic carbocycles. The van der Waals surface area contributed by atoms with Gasteiger partial charge < -0.3 is 23.9 Å². The van der Waals surface area contributed by atoms with Gasteiger partial charge in [0.05, 0.1) is 31.7 Å². The van der Waals surface area contributed by atoms with Crippen molar-refractivity contribution in [3.05, 3.63) is 106 Å². The Labute approximate surface area is 315 Å². The predicted octanol–water partition coefficient (Wildman–Crippen LogP) is 6.48. The lowest BCUT2D eigenvalue weighted by Gasteiger charge is -2.46. The van der Waals surface area contributed by atoms with E-state index in [0.29, 0.717) is 23.3 Å². The number of phenols is 1. The van der Waals surface area contributed by atoms with Gasteiger partial charge in [-0.3, -0.25) is 9.59 Å². The molecule has 0 bridgehead atoms. The number of methoxy groups -OCH3 is 1. The molecular weight excluding hydrogens is 741 g/mol. The molecule has 2 N–H and O–H groups in total. The Hall–Kier alpha value is -3.81. The van der Waals surface area contributed by atoms with Gasteiger partial charge in [-0.2, -0.15) is 4.90 Å². The van der Waals surface area contributed by atoms with Crippen molar-refractivity contribution in [2.75, 3.05) is 13.7 Å². The second kappa shape index (κ2) is 15.3. The molecule has 0 saturated carbocycles. The van der Waals surface area contributed by atoms with E-state index in [-0.39, 0.29) is 30.1 Å². The molecule has 0 unspecified atom stereocenters.